The number of pyridine rings is 1. The Kier molecular flexibility index (Phi) is 4.92. The number of carbonyl (C=O) groups excluding carboxylic acids is 1. The number of nitrogens with zero attached hydrogens (tertiary/aromatic N) is 4. The highest BCUT2D eigenvalue weighted by atomic mass is 16.1. The number of aromatic nitrogens is 3. The zero-order valence-corrected chi connectivity index (χ0v) is 13.1. The Hall–Kier alpha value is -3.07. The largest absolute Gasteiger partial charge is 0.309 e. The van der Waals surface area contributed by atoms with E-state index >= 15 is 0 Å². The molecular formula is C18H17N5O. The maximum Gasteiger partial charge on any atom is 0.231 e. The molecule has 1 amide bonds. The first-order valence-electron chi connectivity index (χ1n) is 7.85. The van der Waals surface area contributed by atoms with E-state index in [1.54, 1.807) is 24.4 Å². The van der Waals surface area contributed by atoms with Gasteiger partial charge in [-0.15, -0.1) is 5.10 Å². The molecular weight excluding hydrogens is 302 g/mol. The second-order valence-corrected chi connectivity index (χ2v) is 5.76. The molecule has 24 heavy (non-hydrogen) atoms. The summed E-state index contributed by atoms with van der Waals surface area (Å²) in [4.78, 5) is 16.1. The fraction of sp³-hybridized carbons (Fsp3) is 0.278. The summed E-state index contributed by atoms with van der Waals surface area (Å²) < 4.78 is 0. The van der Waals surface area contributed by atoms with Gasteiger partial charge in [0.15, 0.2) is 5.82 Å². The van der Waals surface area contributed by atoms with Gasteiger partial charge in [0.2, 0.25) is 5.91 Å². The maximum atomic E-state index is 12.0. The normalized spacial score (nSPS) is 18.3. The van der Waals surface area contributed by atoms with Crippen molar-refractivity contribution in [1.29, 1.82) is 5.26 Å². The summed E-state index contributed by atoms with van der Waals surface area (Å²) in [6.45, 7) is 0. The second-order valence-electron chi connectivity index (χ2n) is 5.76. The SMILES string of the molecule is N#C/C=C1\CC[C@@H](c2ccc(NC(=O)Cc3ccccn3)nn2)C1. The van der Waals surface area contributed by atoms with Crippen LogP contribution < -0.4 is 5.32 Å². The third kappa shape index (κ3) is 4.02. The molecule has 1 fully saturated rings. The lowest BCUT2D eigenvalue weighted by molar-refractivity contribution is -0.115. The Morgan fingerprint density at radius 1 is 1.33 bits per heavy atom. The van der Waals surface area contributed by atoms with Crippen LogP contribution in [0.4, 0.5) is 5.82 Å². The summed E-state index contributed by atoms with van der Waals surface area (Å²) in [6, 6.07) is 11.2. The molecule has 1 N–H and O–H groups in total. The van der Waals surface area contributed by atoms with E-state index in [1.807, 2.05) is 18.2 Å². The maximum absolute atomic E-state index is 12.0. The van der Waals surface area contributed by atoms with E-state index in [4.69, 9.17) is 5.26 Å². The number of nitrogens with one attached hydrogen (secondary N) is 1. The van der Waals surface area contributed by atoms with E-state index in [2.05, 4.69) is 26.6 Å². The van der Waals surface area contributed by atoms with Crippen LogP contribution in [0.1, 0.15) is 36.6 Å². The van der Waals surface area contributed by atoms with Gasteiger partial charge in [-0.05, 0) is 43.5 Å². The Labute approximate surface area is 140 Å². The monoisotopic (exact) mass is 319 g/mol. The highest BCUT2D eigenvalue weighted by molar-refractivity contribution is 5.91. The van der Waals surface area contributed by atoms with Crippen LogP contribution >= 0.6 is 0 Å². The van der Waals surface area contributed by atoms with Gasteiger partial charge >= 0.3 is 0 Å². The fourth-order valence-electron chi connectivity index (χ4n) is 2.84. The van der Waals surface area contributed by atoms with Crippen molar-refractivity contribution >= 4 is 11.7 Å². The van der Waals surface area contributed by atoms with Crippen molar-refractivity contribution in [3.63, 3.8) is 0 Å². The molecule has 2 aromatic rings. The quantitative estimate of drug-likeness (QED) is 0.875. The van der Waals surface area contributed by atoms with Crippen molar-refractivity contribution in [3.8, 4) is 6.07 Å². The lowest BCUT2D eigenvalue weighted by atomic mass is 10.0. The lowest BCUT2D eigenvalue weighted by Gasteiger charge is -2.08. The average molecular weight is 319 g/mol. The highest BCUT2D eigenvalue weighted by Crippen LogP contribution is 2.36. The predicted molar refractivity (Wildman–Crippen MR) is 88.9 cm³/mol. The Balaban J connectivity index is 1.58. The van der Waals surface area contributed by atoms with Crippen molar-refractivity contribution in [2.75, 3.05) is 5.32 Å². The van der Waals surface area contributed by atoms with Gasteiger partial charge in [0.1, 0.15) is 0 Å². The molecule has 0 aliphatic heterocycles. The number of rotatable bonds is 4. The number of anilines is 1. The van der Waals surface area contributed by atoms with Crippen LogP contribution in [0.5, 0.6) is 0 Å². The topological polar surface area (TPSA) is 91.6 Å². The smallest absolute Gasteiger partial charge is 0.231 e. The minimum atomic E-state index is -0.171. The summed E-state index contributed by atoms with van der Waals surface area (Å²) in [5.74, 6) is 0.566. The molecule has 2 heterocycles. The first-order chi connectivity index (χ1) is 11.7. The lowest BCUT2D eigenvalue weighted by Crippen LogP contribution is -2.16. The van der Waals surface area contributed by atoms with Crippen LogP contribution in [0.25, 0.3) is 0 Å². The highest BCUT2D eigenvalue weighted by Gasteiger charge is 2.22. The van der Waals surface area contributed by atoms with Crippen molar-refractivity contribution in [2.24, 2.45) is 0 Å². The fourth-order valence-corrected chi connectivity index (χ4v) is 2.84. The molecule has 2 aromatic heterocycles. The van der Waals surface area contributed by atoms with Crippen LogP contribution in [0.3, 0.4) is 0 Å². The third-order valence-corrected chi connectivity index (χ3v) is 4.03. The average Bonchev–Trinajstić information content (AvgIpc) is 3.05. The standard InChI is InChI=1S/C18H17N5O/c19-9-8-13-4-5-14(11-13)16-6-7-17(23-22-16)21-18(24)12-15-3-1-2-10-20-15/h1-3,6-8,10,14H,4-5,11-12H2,(H,21,23,24)/b13-8+/t14-/m1/s1. The van der Waals surface area contributed by atoms with Crippen LogP contribution in [0.15, 0.2) is 48.2 Å². The minimum Gasteiger partial charge on any atom is -0.309 e. The number of allylic oxidation sites excluding steroid dienone is 2. The van der Waals surface area contributed by atoms with E-state index < -0.39 is 0 Å². The van der Waals surface area contributed by atoms with Gasteiger partial charge in [0, 0.05) is 23.9 Å². The van der Waals surface area contributed by atoms with Gasteiger partial charge in [-0.3, -0.25) is 9.78 Å². The molecule has 0 bridgehead atoms. The summed E-state index contributed by atoms with van der Waals surface area (Å²) in [6.07, 6.45) is 6.26. The van der Waals surface area contributed by atoms with Crippen LogP contribution in [-0.2, 0) is 11.2 Å². The Bertz CT molecular complexity index is 777. The minimum absolute atomic E-state index is 0.171. The van der Waals surface area contributed by atoms with Crippen LogP contribution in [-0.4, -0.2) is 21.1 Å². The van der Waals surface area contributed by atoms with Crippen molar-refractivity contribution in [3.05, 3.63) is 59.6 Å². The number of amides is 1. The van der Waals surface area contributed by atoms with Gasteiger partial charge in [0.25, 0.3) is 0 Å². The Morgan fingerprint density at radius 3 is 2.96 bits per heavy atom. The molecule has 1 aliphatic carbocycles. The van der Waals surface area contributed by atoms with E-state index in [1.165, 1.54) is 0 Å². The van der Waals surface area contributed by atoms with Gasteiger partial charge < -0.3 is 5.32 Å². The molecule has 0 unspecified atom stereocenters. The molecule has 3 rings (SSSR count). The van der Waals surface area contributed by atoms with Gasteiger partial charge in [-0.1, -0.05) is 11.6 Å². The van der Waals surface area contributed by atoms with Crippen molar-refractivity contribution < 1.29 is 4.79 Å². The number of hydrogen-bond donors (Lipinski definition) is 1. The molecule has 0 spiro atoms. The van der Waals surface area contributed by atoms with Crippen LogP contribution in [0, 0.1) is 11.3 Å². The molecule has 1 atom stereocenters. The van der Waals surface area contributed by atoms with E-state index in [0.29, 0.717) is 17.4 Å². The molecule has 0 saturated heterocycles. The summed E-state index contributed by atoms with van der Waals surface area (Å²) in [7, 11) is 0. The summed E-state index contributed by atoms with van der Waals surface area (Å²) in [5, 5.41) is 19.8. The molecule has 1 aliphatic rings. The second kappa shape index (κ2) is 7.47. The summed E-state index contributed by atoms with van der Waals surface area (Å²) >= 11 is 0. The molecule has 6 heteroatoms. The third-order valence-electron chi connectivity index (χ3n) is 4.03. The number of carbonyl (C=O) groups is 1. The molecule has 1 saturated carbocycles. The van der Waals surface area contributed by atoms with Crippen molar-refractivity contribution in [1.82, 2.24) is 15.2 Å². The van der Waals surface area contributed by atoms with Gasteiger partial charge in [0.05, 0.1) is 18.2 Å². The van der Waals surface area contributed by atoms with Crippen molar-refractivity contribution in [2.45, 2.75) is 31.6 Å². The molecule has 0 aromatic carbocycles. The molecule has 0 radical (unpaired) electrons. The Morgan fingerprint density at radius 2 is 2.25 bits per heavy atom. The first-order valence-corrected chi connectivity index (χ1v) is 7.85. The number of nitriles is 1. The zero-order chi connectivity index (χ0) is 16.8. The molecule has 6 nitrogen and oxygen atoms in total. The van der Waals surface area contributed by atoms with E-state index in [0.717, 1.165) is 30.5 Å². The van der Waals surface area contributed by atoms with Crippen LogP contribution in [0.2, 0.25) is 0 Å². The first kappa shape index (κ1) is 15.8. The zero-order valence-electron chi connectivity index (χ0n) is 13.1. The number of hydrogen-bond acceptors (Lipinski definition) is 5. The van der Waals surface area contributed by atoms with Gasteiger partial charge in [-0.25, -0.2) is 0 Å². The predicted octanol–water partition coefficient (Wildman–Crippen LogP) is 2.77. The molecule has 120 valence electrons. The van der Waals surface area contributed by atoms with E-state index in [9.17, 15) is 4.79 Å². The van der Waals surface area contributed by atoms with E-state index in [-0.39, 0.29) is 12.3 Å². The van der Waals surface area contributed by atoms with Gasteiger partial charge in [-0.2, -0.15) is 10.4 Å². The summed E-state index contributed by atoms with van der Waals surface area (Å²) in [5.41, 5.74) is 2.78.